The van der Waals surface area contributed by atoms with E-state index in [1.165, 1.54) is 4.90 Å². The van der Waals surface area contributed by atoms with Crippen molar-refractivity contribution in [3.8, 4) is 5.75 Å². The Morgan fingerprint density at radius 2 is 1.83 bits per heavy atom. The zero-order valence-electron chi connectivity index (χ0n) is 14.5. The summed E-state index contributed by atoms with van der Waals surface area (Å²) in [6.45, 7) is 4.36. The lowest BCUT2D eigenvalue weighted by molar-refractivity contribution is -0.153. The van der Waals surface area contributed by atoms with Crippen molar-refractivity contribution in [1.82, 2.24) is 4.90 Å². The van der Waals surface area contributed by atoms with Gasteiger partial charge in [-0.2, -0.15) is 13.2 Å². The quantitative estimate of drug-likeness (QED) is 0.824. The molecule has 0 saturated carbocycles. The lowest BCUT2D eigenvalue weighted by Crippen LogP contribution is -2.41. The van der Waals surface area contributed by atoms with Gasteiger partial charge in [0.15, 0.2) is 6.61 Å². The number of hydrogen-bond donors (Lipinski definition) is 1. The Kier molecular flexibility index (Phi) is 7.08. The number of hydrogen-bond acceptors (Lipinski definition) is 3. The van der Waals surface area contributed by atoms with E-state index in [0.717, 1.165) is 12.0 Å². The number of carbonyl (C=O) groups is 1. The van der Waals surface area contributed by atoms with Crippen LogP contribution in [0.25, 0.3) is 0 Å². The maximum atomic E-state index is 12.3. The van der Waals surface area contributed by atoms with Gasteiger partial charge in [0, 0.05) is 13.6 Å². The van der Waals surface area contributed by atoms with E-state index >= 15 is 0 Å². The molecule has 0 aliphatic rings. The first-order valence-corrected chi connectivity index (χ1v) is 7.85. The Morgan fingerprint density at radius 1 is 1.29 bits per heavy atom. The monoisotopic (exact) mass is 346 g/mol. The highest BCUT2D eigenvalue weighted by molar-refractivity contribution is 5.81. The van der Waals surface area contributed by atoms with E-state index in [0.29, 0.717) is 24.1 Å². The molecule has 1 rings (SSSR count). The molecule has 0 heterocycles. The van der Waals surface area contributed by atoms with Gasteiger partial charge >= 0.3 is 6.18 Å². The highest BCUT2D eigenvalue weighted by Gasteiger charge is 2.29. The minimum atomic E-state index is -4.38. The molecule has 0 radical (unpaired) electrons. The minimum absolute atomic E-state index is 0.149. The Balaban J connectivity index is 2.83. The average Bonchev–Trinajstić information content (AvgIpc) is 2.44. The normalized spacial score (nSPS) is 12.8. The second-order valence-electron chi connectivity index (χ2n) is 6.05. The smallest absolute Gasteiger partial charge is 0.422 e. The SMILES string of the molecule is CCCC(N)C(=O)N(C)Cc1cc(C)c(OCC(F)(F)F)c(C)c1. The van der Waals surface area contributed by atoms with Crippen LogP contribution in [0.1, 0.15) is 36.5 Å². The summed E-state index contributed by atoms with van der Waals surface area (Å²) in [6.07, 6.45) is -2.94. The van der Waals surface area contributed by atoms with Crippen LogP contribution in [0.15, 0.2) is 12.1 Å². The van der Waals surface area contributed by atoms with Gasteiger partial charge in [0.2, 0.25) is 5.91 Å². The van der Waals surface area contributed by atoms with Crippen molar-refractivity contribution in [2.75, 3.05) is 13.7 Å². The van der Waals surface area contributed by atoms with Crippen LogP contribution in [0.2, 0.25) is 0 Å². The third-order valence-electron chi connectivity index (χ3n) is 3.61. The predicted octanol–water partition coefficient (Wildman–Crippen LogP) is 3.33. The van der Waals surface area contributed by atoms with Gasteiger partial charge in [-0.3, -0.25) is 4.79 Å². The average molecular weight is 346 g/mol. The Labute approximate surface area is 140 Å². The molecule has 0 aliphatic carbocycles. The summed E-state index contributed by atoms with van der Waals surface area (Å²) in [5.41, 5.74) is 7.86. The predicted molar refractivity (Wildman–Crippen MR) is 86.8 cm³/mol. The van der Waals surface area contributed by atoms with Crippen LogP contribution in [-0.2, 0) is 11.3 Å². The summed E-state index contributed by atoms with van der Waals surface area (Å²) in [5, 5.41) is 0. The molecule has 0 fully saturated rings. The number of likely N-dealkylation sites (N-methyl/N-ethyl adjacent to an activating group) is 1. The van der Waals surface area contributed by atoms with Gasteiger partial charge in [0.05, 0.1) is 6.04 Å². The first-order chi connectivity index (χ1) is 11.0. The number of benzene rings is 1. The summed E-state index contributed by atoms with van der Waals surface area (Å²) in [4.78, 5) is 13.7. The largest absolute Gasteiger partial charge is 0.484 e. The van der Waals surface area contributed by atoms with Crippen LogP contribution >= 0.6 is 0 Å². The number of ether oxygens (including phenoxy) is 1. The fourth-order valence-corrected chi connectivity index (χ4v) is 2.58. The number of alkyl halides is 3. The Hall–Kier alpha value is -1.76. The first-order valence-electron chi connectivity index (χ1n) is 7.85. The second kappa shape index (κ2) is 8.37. The van der Waals surface area contributed by atoms with Crippen LogP contribution in [0.5, 0.6) is 5.75 Å². The van der Waals surface area contributed by atoms with Crippen molar-refractivity contribution in [2.45, 2.75) is 52.4 Å². The van der Waals surface area contributed by atoms with E-state index in [4.69, 9.17) is 10.5 Å². The summed E-state index contributed by atoms with van der Waals surface area (Å²) >= 11 is 0. The fourth-order valence-electron chi connectivity index (χ4n) is 2.58. The van der Waals surface area contributed by atoms with Crippen LogP contribution in [0.4, 0.5) is 13.2 Å². The maximum Gasteiger partial charge on any atom is 0.422 e. The van der Waals surface area contributed by atoms with Gasteiger partial charge in [-0.15, -0.1) is 0 Å². The standard InChI is InChI=1S/C17H25F3N2O2/c1-5-6-14(21)16(23)22(4)9-13-7-11(2)15(12(3)8-13)24-10-17(18,19)20/h7-8,14H,5-6,9-10,21H2,1-4H3. The van der Waals surface area contributed by atoms with E-state index in [-0.39, 0.29) is 11.7 Å². The van der Waals surface area contributed by atoms with Crippen molar-refractivity contribution in [2.24, 2.45) is 5.73 Å². The molecular weight excluding hydrogens is 321 g/mol. The van der Waals surface area contributed by atoms with Crippen molar-refractivity contribution in [3.05, 3.63) is 28.8 Å². The molecule has 1 amide bonds. The molecule has 0 aliphatic heterocycles. The first kappa shape index (κ1) is 20.3. The van der Waals surface area contributed by atoms with E-state index in [1.807, 2.05) is 6.92 Å². The van der Waals surface area contributed by atoms with E-state index < -0.39 is 18.8 Å². The number of amides is 1. The summed E-state index contributed by atoms with van der Waals surface area (Å²) in [6, 6.07) is 2.93. The molecule has 1 unspecified atom stereocenters. The number of carbonyl (C=O) groups excluding carboxylic acids is 1. The summed E-state index contributed by atoms with van der Waals surface area (Å²) in [5.74, 6) is 0.0808. The topological polar surface area (TPSA) is 55.6 Å². The molecule has 1 atom stereocenters. The summed E-state index contributed by atoms with van der Waals surface area (Å²) in [7, 11) is 1.66. The molecule has 0 saturated heterocycles. The lowest BCUT2D eigenvalue weighted by Gasteiger charge is -2.22. The molecule has 136 valence electrons. The van der Waals surface area contributed by atoms with Crippen LogP contribution < -0.4 is 10.5 Å². The molecular formula is C17H25F3N2O2. The maximum absolute atomic E-state index is 12.3. The van der Waals surface area contributed by atoms with Gasteiger partial charge in [0.25, 0.3) is 0 Å². The zero-order valence-corrected chi connectivity index (χ0v) is 14.5. The lowest BCUT2D eigenvalue weighted by atomic mass is 10.0. The van der Waals surface area contributed by atoms with Crippen LogP contribution in [0, 0.1) is 13.8 Å². The van der Waals surface area contributed by atoms with Crippen LogP contribution in [0.3, 0.4) is 0 Å². The van der Waals surface area contributed by atoms with Gasteiger partial charge in [-0.05, 0) is 37.0 Å². The number of rotatable bonds is 7. The molecule has 1 aromatic rings. The number of nitrogens with zero attached hydrogens (tertiary/aromatic N) is 1. The molecule has 7 heteroatoms. The molecule has 0 aromatic heterocycles. The third-order valence-corrected chi connectivity index (χ3v) is 3.61. The second-order valence-corrected chi connectivity index (χ2v) is 6.05. The van der Waals surface area contributed by atoms with Gasteiger partial charge in [-0.25, -0.2) is 0 Å². The molecule has 1 aromatic carbocycles. The zero-order chi connectivity index (χ0) is 18.5. The number of halogens is 3. The molecule has 24 heavy (non-hydrogen) atoms. The van der Waals surface area contributed by atoms with Crippen LogP contribution in [-0.4, -0.2) is 36.7 Å². The number of aryl methyl sites for hydroxylation is 2. The third kappa shape index (κ3) is 6.03. The van der Waals surface area contributed by atoms with Gasteiger partial charge < -0.3 is 15.4 Å². The Bertz CT molecular complexity index is 550. The highest BCUT2D eigenvalue weighted by atomic mass is 19.4. The van der Waals surface area contributed by atoms with E-state index in [1.54, 1.807) is 33.0 Å². The van der Waals surface area contributed by atoms with Gasteiger partial charge in [-0.1, -0.05) is 25.5 Å². The van der Waals surface area contributed by atoms with Crippen molar-refractivity contribution >= 4 is 5.91 Å². The number of nitrogens with two attached hydrogens (primary N) is 1. The van der Waals surface area contributed by atoms with Crippen molar-refractivity contribution < 1.29 is 22.7 Å². The molecule has 4 nitrogen and oxygen atoms in total. The van der Waals surface area contributed by atoms with Crippen molar-refractivity contribution in [1.29, 1.82) is 0 Å². The fraction of sp³-hybridized carbons (Fsp3) is 0.588. The Morgan fingerprint density at radius 3 is 2.29 bits per heavy atom. The molecule has 0 spiro atoms. The minimum Gasteiger partial charge on any atom is -0.484 e. The molecule has 2 N–H and O–H groups in total. The van der Waals surface area contributed by atoms with Crippen molar-refractivity contribution in [3.63, 3.8) is 0 Å². The van der Waals surface area contributed by atoms with E-state index in [2.05, 4.69) is 0 Å². The van der Waals surface area contributed by atoms with E-state index in [9.17, 15) is 18.0 Å². The molecule has 0 bridgehead atoms. The highest BCUT2D eigenvalue weighted by Crippen LogP contribution is 2.27. The summed E-state index contributed by atoms with van der Waals surface area (Å²) < 4.78 is 41.8. The van der Waals surface area contributed by atoms with Gasteiger partial charge in [0.1, 0.15) is 5.75 Å².